The van der Waals surface area contributed by atoms with Gasteiger partial charge < -0.3 is 4.74 Å². The van der Waals surface area contributed by atoms with E-state index in [1.165, 1.54) is 0 Å². The average Bonchev–Trinajstić information content (AvgIpc) is 2.37. The second kappa shape index (κ2) is 5.89. The summed E-state index contributed by atoms with van der Waals surface area (Å²) < 4.78 is 5.13. The quantitative estimate of drug-likeness (QED) is 0.783. The van der Waals surface area contributed by atoms with E-state index in [1.807, 2.05) is 24.3 Å². The van der Waals surface area contributed by atoms with Crippen LogP contribution in [0.25, 0.3) is 0 Å². The second-order valence-electron chi connectivity index (χ2n) is 3.72. The zero-order chi connectivity index (χ0) is 13.0. The van der Waals surface area contributed by atoms with Crippen molar-refractivity contribution in [3.05, 3.63) is 69.7 Å². The molecular formula is C14H10Cl2O2. The normalized spacial score (nSPS) is 11.9. The van der Waals surface area contributed by atoms with Gasteiger partial charge in [-0.2, -0.15) is 0 Å². The fourth-order valence-electron chi connectivity index (χ4n) is 1.71. The predicted molar refractivity (Wildman–Crippen MR) is 71.9 cm³/mol. The summed E-state index contributed by atoms with van der Waals surface area (Å²) in [5, 5.41) is 1.23. The van der Waals surface area contributed by atoms with Crippen LogP contribution in [0.4, 0.5) is 0 Å². The van der Waals surface area contributed by atoms with Crippen LogP contribution in [0.15, 0.2) is 48.5 Å². The Hall–Kier alpha value is -1.51. The number of ether oxygens (including phenoxy) is 1. The first-order valence-electron chi connectivity index (χ1n) is 5.31. The van der Waals surface area contributed by atoms with E-state index in [4.69, 9.17) is 27.9 Å². The summed E-state index contributed by atoms with van der Waals surface area (Å²) in [6.45, 7) is 0.431. The van der Waals surface area contributed by atoms with Crippen molar-refractivity contribution in [2.75, 3.05) is 0 Å². The molecule has 4 heteroatoms. The monoisotopic (exact) mass is 280 g/mol. The molecule has 92 valence electrons. The molecule has 0 aromatic heterocycles. The Morgan fingerprint density at radius 2 is 1.67 bits per heavy atom. The number of hydrogen-bond acceptors (Lipinski definition) is 2. The van der Waals surface area contributed by atoms with Crippen molar-refractivity contribution in [1.29, 1.82) is 0 Å². The molecule has 2 aromatic carbocycles. The largest absolute Gasteiger partial charge is 0.455 e. The molecule has 0 bridgehead atoms. The molecule has 1 atom stereocenters. The summed E-state index contributed by atoms with van der Waals surface area (Å²) in [5.41, 5.74) is 1.66. The van der Waals surface area contributed by atoms with Crippen LogP contribution in [-0.2, 0) is 9.53 Å². The van der Waals surface area contributed by atoms with E-state index in [9.17, 15) is 4.79 Å². The van der Waals surface area contributed by atoms with Crippen molar-refractivity contribution < 1.29 is 9.53 Å². The molecule has 0 aliphatic carbocycles. The summed E-state index contributed by atoms with van der Waals surface area (Å²) in [6.07, 6.45) is -0.474. The zero-order valence-corrected chi connectivity index (χ0v) is 10.9. The minimum atomic E-state index is -0.474. The van der Waals surface area contributed by atoms with Gasteiger partial charge in [0.1, 0.15) is 0 Å². The molecular weight excluding hydrogens is 271 g/mol. The Kier molecular flexibility index (Phi) is 4.24. The lowest BCUT2D eigenvalue weighted by Gasteiger charge is -2.16. The van der Waals surface area contributed by atoms with E-state index in [1.54, 1.807) is 24.3 Å². The third-order valence-electron chi connectivity index (χ3n) is 2.52. The van der Waals surface area contributed by atoms with Crippen molar-refractivity contribution >= 4 is 29.7 Å². The van der Waals surface area contributed by atoms with Gasteiger partial charge in [-0.25, -0.2) is 0 Å². The van der Waals surface area contributed by atoms with Crippen LogP contribution < -0.4 is 0 Å². The van der Waals surface area contributed by atoms with Crippen LogP contribution >= 0.6 is 23.2 Å². The third-order valence-corrected chi connectivity index (χ3v) is 3.00. The smallest absolute Gasteiger partial charge is 0.294 e. The summed E-state index contributed by atoms with van der Waals surface area (Å²) in [6, 6.07) is 14.3. The van der Waals surface area contributed by atoms with E-state index in [0.717, 1.165) is 11.1 Å². The summed E-state index contributed by atoms with van der Waals surface area (Å²) >= 11 is 11.8. The lowest BCUT2D eigenvalue weighted by molar-refractivity contribution is -0.132. The van der Waals surface area contributed by atoms with Crippen LogP contribution in [0.3, 0.4) is 0 Å². The first-order chi connectivity index (χ1) is 8.70. The van der Waals surface area contributed by atoms with Gasteiger partial charge in [0.15, 0.2) is 6.10 Å². The molecule has 0 aliphatic rings. The van der Waals surface area contributed by atoms with E-state index < -0.39 is 6.10 Å². The maximum absolute atomic E-state index is 10.6. The highest BCUT2D eigenvalue weighted by Gasteiger charge is 2.15. The van der Waals surface area contributed by atoms with Crippen molar-refractivity contribution in [3.8, 4) is 0 Å². The number of carbonyl (C=O) groups is 1. The Labute approximate surface area is 115 Å². The Morgan fingerprint density at radius 3 is 2.28 bits per heavy atom. The summed E-state index contributed by atoms with van der Waals surface area (Å²) in [7, 11) is 0. The fraction of sp³-hybridized carbons (Fsp3) is 0.0714. The number of rotatable bonds is 4. The Morgan fingerprint density at radius 1 is 0.944 bits per heavy atom. The van der Waals surface area contributed by atoms with Gasteiger partial charge in [-0.1, -0.05) is 47.5 Å². The van der Waals surface area contributed by atoms with Crippen LogP contribution in [-0.4, -0.2) is 6.47 Å². The fourth-order valence-corrected chi connectivity index (χ4v) is 2.04. The molecule has 0 heterocycles. The molecule has 1 unspecified atom stereocenters. The number of hydrogen-bond donors (Lipinski definition) is 0. The van der Waals surface area contributed by atoms with Crippen molar-refractivity contribution in [2.24, 2.45) is 0 Å². The lowest BCUT2D eigenvalue weighted by atomic mass is 10.0. The molecule has 0 amide bonds. The number of halogens is 2. The molecule has 0 aliphatic heterocycles. The Bertz CT molecular complexity index is 538. The molecule has 18 heavy (non-hydrogen) atoms. The number of carbonyl (C=O) groups excluding carboxylic acids is 1. The highest BCUT2D eigenvalue weighted by Crippen LogP contribution is 2.28. The second-order valence-corrected chi connectivity index (χ2v) is 4.59. The molecule has 0 spiro atoms. The number of benzene rings is 2. The molecule has 0 saturated heterocycles. The highest BCUT2D eigenvalue weighted by molar-refractivity contribution is 6.30. The third kappa shape index (κ3) is 3.03. The van der Waals surface area contributed by atoms with Gasteiger partial charge in [-0.15, -0.1) is 0 Å². The van der Waals surface area contributed by atoms with Gasteiger partial charge in [-0.05, 0) is 35.4 Å². The maximum Gasteiger partial charge on any atom is 0.294 e. The highest BCUT2D eigenvalue weighted by atomic mass is 35.5. The zero-order valence-electron chi connectivity index (χ0n) is 9.35. The van der Waals surface area contributed by atoms with E-state index in [2.05, 4.69) is 0 Å². The summed E-state index contributed by atoms with van der Waals surface area (Å²) in [5.74, 6) is 0. The Balaban J connectivity index is 2.39. The van der Waals surface area contributed by atoms with Gasteiger partial charge in [0.2, 0.25) is 0 Å². The first-order valence-corrected chi connectivity index (χ1v) is 6.06. The van der Waals surface area contributed by atoms with Gasteiger partial charge >= 0.3 is 0 Å². The van der Waals surface area contributed by atoms with Crippen LogP contribution in [0.2, 0.25) is 10.0 Å². The van der Waals surface area contributed by atoms with E-state index in [0.29, 0.717) is 16.5 Å². The molecule has 0 N–H and O–H groups in total. The van der Waals surface area contributed by atoms with Crippen LogP contribution in [0, 0.1) is 0 Å². The predicted octanol–water partition coefficient (Wildman–Crippen LogP) is 4.26. The van der Waals surface area contributed by atoms with Crippen LogP contribution in [0.1, 0.15) is 17.2 Å². The topological polar surface area (TPSA) is 26.3 Å². The van der Waals surface area contributed by atoms with Gasteiger partial charge in [0, 0.05) is 10.0 Å². The average molecular weight is 281 g/mol. The standard InChI is InChI=1S/C14H10Cl2O2/c15-12-6-4-10(5-7-12)14(18-9-17)11-2-1-3-13(16)8-11/h1-9,14H. The maximum atomic E-state index is 10.6. The van der Waals surface area contributed by atoms with E-state index >= 15 is 0 Å². The first kappa shape index (κ1) is 12.9. The van der Waals surface area contributed by atoms with E-state index in [-0.39, 0.29) is 0 Å². The van der Waals surface area contributed by atoms with Gasteiger partial charge in [0.25, 0.3) is 6.47 Å². The SMILES string of the molecule is O=COC(c1ccc(Cl)cc1)c1cccc(Cl)c1. The lowest BCUT2D eigenvalue weighted by Crippen LogP contribution is -2.05. The molecule has 0 saturated carbocycles. The summed E-state index contributed by atoms with van der Waals surface area (Å²) in [4.78, 5) is 10.6. The minimum Gasteiger partial charge on any atom is -0.455 e. The van der Waals surface area contributed by atoms with Gasteiger partial charge in [-0.3, -0.25) is 4.79 Å². The molecule has 2 nitrogen and oxygen atoms in total. The molecule has 0 fully saturated rings. The van der Waals surface area contributed by atoms with Gasteiger partial charge in [0.05, 0.1) is 0 Å². The van der Waals surface area contributed by atoms with Crippen molar-refractivity contribution in [1.82, 2.24) is 0 Å². The minimum absolute atomic E-state index is 0.431. The van der Waals surface area contributed by atoms with Crippen molar-refractivity contribution in [2.45, 2.75) is 6.10 Å². The molecule has 0 radical (unpaired) electrons. The van der Waals surface area contributed by atoms with Crippen molar-refractivity contribution in [3.63, 3.8) is 0 Å². The van der Waals surface area contributed by atoms with Crippen LogP contribution in [0.5, 0.6) is 0 Å². The molecule has 2 aromatic rings. The molecule has 2 rings (SSSR count).